The first kappa shape index (κ1) is 11.6. The van der Waals surface area contributed by atoms with E-state index in [0.717, 1.165) is 5.56 Å². The van der Waals surface area contributed by atoms with Gasteiger partial charge in [0.15, 0.2) is 5.17 Å². The molecule has 1 saturated heterocycles. The fourth-order valence-electron chi connectivity index (χ4n) is 1.22. The molecular weight excluding hydrogens is 234 g/mol. The predicted molar refractivity (Wildman–Crippen MR) is 72.0 cm³/mol. The van der Waals surface area contributed by atoms with E-state index in [1.54, 1.807) is 12.3 Å². The Bertz CT molecular complexity index is 480. The molecule has 1 heterocycles. The third-order valence-electron chi connectivity index (χ3n) is 1.98. The second kappa shape index (κ2) is 6.00. The molecule has 0 atom stereocenters. The average Bonchev–Trinajstić information content (AvgIpc) is 2.76. The van der Waals surface area contributed by atoms with E-state index in [2.05, 4.69) is 15.5 Å². The van der Waals surface area contributed by atoms with Crippen molar-refractivity contribution in [2.45, 2.75) is 0 Å². The largest absolute Gasteiger partial charge is 0.303 e. The normalized spacial score (nSPS) is 18.4. The van der Waals surface area contributed by atoms with E-state index in [0.29, 0.717) is 10.9 Å². The van der Waals surface area contributed by atoms with Crippen LogP contribution in [-0.4, -0.2) is 23.0 Å². The number of benzene rings is 1. The van der Waals surface area contributed by atoms with Gasteiger partial charge in [0.1, 0.15) is 0 Å². The number of nitrogens with one attached hydrogen (secondary N) is 1. The lowest BCUT2D eigenvalue weighted by Gasteiger charge is -1.89. The lowest BCUT2D eigenvalue weighted by molar-refractivity contribution is -0.116. The molecule has 0 radical (unpaired) electrons. The third kappa shape index (κ3) is 3.88. The molecule has 1 aliphatic heterocycles. The minimum atomic E-state index is -0.0243. The van der Waals surface area contributed by atoms with E-state index in [9.17, 15) is 4.79 Å². The second-order valence-electron chi connectivity index (χ2n) is 3.28. The van der Waals surface area contributed by atoms with Gasteiger partial charge in [-0.05, 0) is 11.6 Å². The Balaban J connectivity index is 1.86. The summed E-state index contributed by atoms with van der Waals surface area (Å²) < 4.78 is 0. The van der Waals surface area contributed by atoms with Crippen LogP contribution in [0.1, 0.15) is 5.56 Å². The first-order valence-electron chi connectivity index (χ1n) is 5.10. The fourth-order valence-corrected chi connectivity index (χ4v) is 1.85. The van der Waals surface area contributed by atoms with Gasteiger partial charge < -0.3 is 5.32 Å². The van der Waals surface area contributed by atoms with Crippen LogP contribution in [0.5, 0.6) is 0 Å². The molecule has 86 valence electrons. The molecule has 1 amide bonds. The van der Waals surface area contributed by atoms with Gasteiger partial charge in [0.25, 0.3) is 0 Å². The van der Waals surface area contributed by atoms with E-state index in [1.807, 2.05) is 36.4 Å². The van der Waals surface area contributed by atoms with Gasteiger partial charge >= 0.3 is 0 Å². The van der Waals surface area contributed by atoms with Gasteiger partial charge in [0, 0.05) is 6.21 Å². The Morgan fingerprint density at radius 1 is 1.29 bits per heavy atom. The zero-order valence-electron chi connectivity index (χ0n) is 9.04. The number of amidine groups is 1. The number of thioether (sulfide) groups is 1. The van der Waals surface area contributed by atoms with Gasteiger partial charge in [-0.25, -0.2) is 0 Å². The number of nitrogens with zero attached hydrogens (tertiary/aromatic N) is 2. The molecule has 2 rings (SSSR count). The molecule has 4 nitrogen and oxygen atoms in total. The summed E-state index contributed by atoms with van der Waals surface area (Å²) in [6.45, 7) is 0. The van der Waals surface area contributed by atoms with E-state index < -0.39 is 0 Å². The average molecular weight is 245 g/mol. The van der Waals surface area contributed by atoms with E-state index >= 15 is 0 Å². The Morgan fingerprint density at radius 3 is 2.82 bits per heavy atom. The quantitative estimate of drug-likeness (QED) is 0.653. The number of rotatable bonds is 3. The highest BCUT2D eigenvalue weighted by atomic mass is 32.2. The molecule has 0 spiro atoms. The molecule has 0 aliphatic carbocycles. The second-order valence-corrected chi connectivity index (χ2v) is 4.24. The summed E-state index contributed by atoms with van der Waals surface area (Å²) in [6, 6.07) is 9.92. The molecule has 1 fully saturated rings. The zero-order valence-corrected chi connectivity index (χ0v) is 9.85. The maximum atomic E-state index is 10.8. The van der Waals surface area contributed by atoms with Crippen LogP contribution in [-0.2, 0) is 4.79 Å². The Hall–Kier alpha value is -1.88. The maximum Gasteiger partial charge on any atom is 0.236 e. The van der Waals surface area contributed by atoms with E-state index in [1.165, 1.54) is 11.8 Å². The van der Waals surface area contributed by atoms with Gasteiger partial charge in [-0.2, -0.15) is 5.10 Å². The zero-order chi connectivity index (χ0) is 11.9. The van der Waals surface area contributed by atoms with Gasteiger partial charge in [-0.1, -0.05) is 48.2 Å². The number of allylic oxidation sites excluding steroid dienone is 1. The van der Waals surface area contributed by atoms with Crippen LogP contribution in [0.4, 0.5) is 0 Å². The van der Waals surface area contributed by atoms with E-state index in [-0.39, 0.29) is 5.91 Å². The van der Waals surface area contributed by atoms with Crippen LogP contribution in [0.15, 0.2) is 46.6 Å². The van der Waals surface area contributed by atoms with Crippen LogP contribution < -0.4 is 5.32 Å². The summed E-state index contributed by atoms with van der Waals surface area (Å²) in [6.07, 6.45) is 5.33. The lowest BCUT2D eigenvalue weighted by atomic mass is 10.2. The minimum absolute atomic E-state index is 0.0243. The van der Waals surface area contributed by atoms with Crippen molar-refractivity contribution in [2.75, 3.05) is 5.75 Å². The highest BCUT2D eigenvalue weighted by Gasteiger charge is 2.15. The smallest absolute Gasteiger partial charge is 0.236 e. The van der Waals surface area contributed by atoms with Crippen LogP contribution in [0.3, 0.4) is 0 Å². The van der Waals surface area contributed by atoms with Crippen LogP contribution >= 0.6 is 11.8 Å². The standard InChI is InChI=1S/C12H11N3OS/c16-11-9-17-12(14-11)15-13-8-4-7-10-5-2-1-3-6-10/h1-8H,9H2,(H,14,15,16)/b7-4+,13-8-. The summed E-state index contributed by atoms with van der Waals surface area (Å²) in [5.74, 6) is 0.401. The van der Waals surface area contributed by atoms with Crippen LogP contribution in [0, 0.1) is 0 Å². The predicted octanol–water partition coefficient (Wildman–Crippen LogP) is 1.90. The molecule has 1 aliphatic rings. The van der Waals surface area contributed by atoms with Crippen molar-refractivity contribution in [3.05, 3.63) is 42.0 Å². The highest BCUT2D eigenvalue weighted by molar-refractivity contribution is 8.15. The monoisotopic (exact) mass is 245 g/mol. The van der Waals surface area contributed by atoms with Crippen molar-refractivity contribution in [1.82, 2.24) is 5.32 Å². The molecule has 0 bridgehead atoms. The molecule has 1 aromatic rings. The molecule has 0 aromatic heterocycles. The number of carbonyl (C=O) groups is 1. The van der Waals surface area contributed by atoms with Gasteiger partial charge in [0.2, 0.25) is 5.91 Å². The van der Waals surface area contributed by atoms with Gasteiger partial charge in [0.05, 0.1) is 5.75 Å². The van der Waals surface area contributed by atoms with Crippen molar-refractivity contribution in [2.24, 2.45) is 10.2 Å². The van der Waals surface area contributed by atoms with Crippen molar-refractivity contribution in [3.63, 3.8) is 0 Å². The van der Waals surface area contributed by atoms with Gasteiger partial charge in [-0.3, -0.25) is 4.79 Å². The molecule has 1 aromatic carbocycles. The molecule has 0 saturated carbocycles. The van der Waals surface area contributed by atoms with E-state index in [4.69, 9.17) is 0 Å². The summed E-state index contributed by atoms with van der Waals surface area (Å²) in [4.78, 5) is 10.8. The molecule has 5 heteroatoms. The minimum Gasteiger partial charge on any atom is -0.303 e. The third-order valence-corrected chi connectivity index (χ3v) is 2.84. The number of hydrogen-bond donors (Lipinski definition) is 1. The first-order valence-corrected chi connectivity index (χ1v) is 6.08. The number of carbonyl (C=O) groups excluding carboxylic acids is 1. The molecule has 1 N–H and O–H groups in total. The summed E-state index contributed by atoms with van der Waals surface area (Å²) >= 11 is 1.36. The lowest BCUT2D eigenvalue weighted by Crippen LogP contribution is -2.19. The summed E-state index contributed by atoms with van der Waals surface area (Å²) in [7, 11) is 0. The summed E-state index contributed by atoms with van der Waals surface area (Å²) in [5, 5.41) is 10.9. The number of hydrogen-bond acceptors (Lipinski definition) is 4. The highest BCUT2D eigenvalue weighted by Crippen LogP contribution is 2.08. The van der Waals surface area contributed by atoms with Crippen molar-refractivity contribution in [3.8, 4) is 0 Å². The Labute approximate surface area is 104 Å². The Morgan fingerprint density at radius 2 is 2.12 bits per heavy atom. The van der Waals surface area contributed by atoms with Crippen molar-refractivity contribution >= 4 is 35.1 Å². The van der Waals surface area contributed by atoms with Crippen LogP contribution in [0.2, 0.25) is 0 Å². The summed E-state index contributed by atoms with van der Waals surface area (Å²) in [5.41, 5.74) is 1.11. The fraction of sp³-hybridized carbons (Fsp3) is 0.0833. The van der Waals surface area contributed by atoms with Crippen molar-refractivity contribution in [1.29, 1.82) is 0 Å². The molecule has 17 heavy (non-hydrogen) atoms. The molecular formula is C12H11N3OS. The molecule has 0 unspecified atom stereocenters. The maximum absolute atomic E-state index is 10.8. The SMILES string of the molecule is O=C1CS/C(=N/N=C\C=C\c2ccccc2)N1. The van der Waals surface area contributed by atoms with Gasteiger partial charge in [-0.15, -0.1) is 5.10 Å². The first-order chi connectivity index (χ1) is 8.34. The van der Waals surface area contributed by atoms with Crippen LogP contribution in [0.25, 0.3) is 6.08 Å². The number of amides is 1. The topological polar surface area (TPSA) is 53.8 Å². The Kier molecular flexibility index (Phi) is 4.10. The van der Waals surface area contributed by atoms with Crippen molar-refractivity contribution < 1.29 is 4.79 Å².